The van der Waals surface area contributed by atoms with E-state index in [-0.39, 0.29) is 0 Å². The van der Waals surface area contributed by atoms with E-state index in [1.165, 1.54) is 29.4 Å². The summed E-state index contributed by atoms with van der Waals surface area (Å²) in [5, 5.41) is 0. The topological polar surface area (TPSA) is 0 Å². The second kappa shape index (κ2) is 10.1. The van der Waals surface area contributed by atoms with Gasteiger partial charge in [-0.2, -0.15) is 0 Å². The first kappa shape index (κ1) is 19.3. The Morgan fingerprint density at radius 2 is 0.762 bits per heavy atom. The van der Waals surface area contributed by atoms with Gasteiger partial charge in [0.05, 0.1) is 0 Å². The van der Waals surface area contributed by atoms with Gasteiger partial charge in [0.25, 0.3) is 0 Å². The molecule has 0 aliphatic carbocycles. The van der Waals surface area contributed by atoms with Crippen molar-refractivity contribution in [2.24, 2.45) is 0 Å². The van der Waals surface area contributed by atoms with E-state index in [2.05, 4.69) is 110 Å². The van der Waals surface area contributed by atoms with Crippen molar-refractivity contribution in [2.45, 2.75) is 40.0 Å². The molecule has 0 aliphatic rings. The van der Waals surface area contributed by atoms with E-state index < -0.39 is 0 Å². The first-order valence-electron chi connectivity index (χ1n) is 8.15. The van der Waals surface area contributed by atoms with E-state index in [4.69, 9.17) is 0 Å². The van der Waals surface area contributed by atoms with Crippen molar-refractivity contribution in [3.8, 4) is 0 Å². The number of hydrogen-bond acceptors (Lipinski definition) is 0. The molecule has 0 fully saturated rings. The average Bonchev–Trinajstić information content (AvgIpc) is 2.45. The summed E-state index contributed by atoms with van der Waals surface area (Å²) < 4.78 is 4.06. The molecule has 0 saturated carbocycles. The van der Waals surface area contributed by atoms with Crippen LogP contribution in [0.2, 0.25) is 0 Å². The first-order valence-corrected chi connectivity index (χ1v) is 8.15. The quantitative estimate of drug-likeness (QED) is 0.731. The van der Waals surface area contributed by atoms with E-state index in [0.717, 1.165) is 19.3 Å². The third-order valence-corrected chi connectivity index (χ3v) is 3.70. The van der Waals surface area contributed by atoms with E-state index in [9.17, 15) is 0 Å². The molecule has 0 spiro atoms. The predicted molar refractivity (Wildman–Crippen MR) is 97.2 cm³/mol. The molecule has 2 aromatic rings. The number of aryl methyl sites for hydroxylation is 3. The third-order valence-electron chi connectivity index (χ3n) is 3.70. The normalized spacial score (nSPS) is 10.1. The van der Waals surface area contributed by atoms with Crippen LogP contribution in [0.1, 0.15) is 37.5 Å². The maximum atomic E-state index is 2.32. The fourth-order valence-electron chi connectivity index (χ4n) is 2.65. The van der Waals surface area contributed by atoms with Crippen molar-refractivity contribution >= 4 is 65.9 Å². The molecular weight excluding hydrogens is 237 g/mol. The van der Waals surface area contributed by atoms with Crippen molar-refractivity contribution in [2.75, 3.05) is 0 Å². The summed E-state index contributed by atoms with van der Waals surface area (Å²) in [5.74, 6) is 0. The molecule has 0 atom stereocenters. The van der Waals surface area contributed by atoms with Gasteiger partial charge in [0.1, 0.15) is 0 Å². The minimum absolute atomic E-state index is 1.15. The fourth-order valence-corrected chi connectivity index (χ4v) is 2.65. The van der Waals surface area contributed by atoms with Crippen LogP contribution in [0.15, 0.2) is 36.4 Å². The van der Waals surface area contributed by atoms with Crippen molar-refractivity contribution < 1.29 is 0 Å². The molecule has 96 valence electrons. The Morgan fingerprint density at radius 1 is 0.524 bits per heavy atom. The van der Waals surface area contributed by atoms with E-state index in [1.54, 1.807) is 0 Å². The molecule has 0 amide bonds. The zero-order valence-corrected chi connectivity index (χ0v) is 14.6. The van der Waals surface area contributed by atoms with Crippen LogP contribution in [-0.2, 0) is 19.3 Å². The van der Waals surface area contributed by atoms with Crippen LogP contribution in [0.5, 0.6) is 0 Å². The summed E-state index contributed by atoms with van der Waals surface area (Å²) in [4.78, 5) is 0. The average molecular weight is 258 g/mol. The van der Waals surface area contributed by atoms with Crippen LogP contribution in [0.25, 0.3) is 0 Å². The molecule has 3 heteroatoms. The molecule has 2 rings (SSSR count). The Hall–Kier alpha value is 0.232. The number of hydrogen-bond donors (Lipinski definition) is 0. The Labute approximate surface area is 158 Å². The van der Waals surface area contributed by atoms with Gasteiger partial charge in [-0.1, -0.05) is 39.0 Å². The van der Waals surface area contributed by atoms with Crippen molar-refractivity contribution in [1.29, 1.82) is 0 Å². The summed E-state index contributed by atoms with van der Waals surface area (Å²) in [6, 6.07) is 13.5. The number of benzene rings is 2. The van der Waals surface area contributed by atoms with Gasteiger partial charge in [-0.3, -0.25) is 0 Å². The standard InChI is InChI=1S/C12H18.C6H3.3Li/c1-4-10-7-11(5-2)9-12(6-3)8-10;1-2-4-6-5-3-1;;;/h7-9H,4-6H2,1-3H3;1,4-5H;;;. The Bertz CT molecular complexity index is 471. The third kappa shape index (κ3) is 7.36. The molecule has 0 unspecified atom stereocenters. The summed E-state index contributed by atoms with van der Waals surface area (Å²) in [5.41, 5.74) is 4.43. The van der Waals surface area contributed by atoms with Crippen molar-refractivity contribution in [1.82, 2.24) is 0 Å². The molecule has 21 heavy (non-hydrogen) atoms. The Kier molecular flexibility index (Phi) is 9.26. The van der Waals surface area contributed by atoms with Gasteiger partial charge in [0, 0.05) is 0 Å². The van der Waals surface area contributed by atoms with Crippen molar-refractivity contribution in [3.63, 3.8) is 0 Å². The zero-order valence-electron chi connectivity index (χ0n) is 14.6. The van der Waals surface area contributed by atoms with Gasteiger partial charge >= 0.3 is 84.1 Å². The summed E-state index contributed by atoms with van der Waals surface area (Å²) in [6.45, 7) is 6.65. The van der Waals surface area contributed by atoms with Crippen LogP contribution in [0, 0.1) is 0 Å². The molecule has 0 aromatic heterocycles. The van der Waals surface area contributed by atoms with Gasteiger partial charge in [0.2, 0.25) is 0 Å². The monoisotopic (exact) mass is 258 g/mol. The molecule has 0 radical (unpaired) electrons. The molecule has 0 nitrogen and oxygen atoms in total. The molecule has 0 saturated heterocycles. The number of rotatable bonds is 3. The summed E-state index contributed by atoms with van der Waals surface area (Å²) >= 11 is 6.38. The SMILES string of the molecule is CCc1cc(CC)cc(CC)c1.[Li][c]1c[c]([Li])c[c]([Li])c1. The van der Waals surface area contributed by atoms with Gasteiger partial charge in [-0.15, -0.1) is 0 Å². The van der Waals surface area contributed by atoms with E-state index in [1.807, 2.05) is 0 Å². The minimum atomic E-state index is 1.15. The maximum absolute atomic E-state index is 2.32. The molecular formula is C18H21Li3. The van der Waals surface area contributed by atoms with Crippen LogP contribution in [0.3, 0.4) is 0 Å². The summed E-state index contributed by atoms with van der Waals surface area (Å²) in [7, 11) is 0. The second-order valence-electron chi connectivity index (χ2n) is 5.88. The van der Waals surface area contributed by atoms with Gasteiger partial charge in [-0.25, -0.2) is 0 Å². The summed E-state index contributed by atoms with van der Waals surface area (Å²) in [6.07, 6.45) is 3.46. The molecule has 0 aliphatic heterocycles. The van der Waals surface area contributed by atoms with Gasteiger partial charge < -0.3 is 0 Å². The van der Waals surface area contributed by atoms with Crippen molar-refractivity contribution in [3.05, 3.63) is 53.1 Å². The zero-order chi connectivity index (χ0) is 15.8. The Morgan fingerprint density at radius 3 is 0.952 bits per heavy atom. The first-order chi connectivity index (χ1) is 9.98. The molecule has 0 bridgehead atoms. The van der Waals surface area contributed by atoms with E-state index in [0.29, 0.717) is 0 Å². The van der Waals surface area contributed by atoms with E-state index >= 15 is 0 Å². The Balaban J connectivity index is 0.000000219. The van der Waals surface area contributed by atoms with Crippen LogP contribution >= 0.6 is 0 Å². The predicted octanol–water partition coefficient (Wildman–Crippen LogP) is 1.44. The second-order valence-corrected chi connectivity index (χ2v) is 5.88. The van der Waals surface area contributed by atoms with Crippen LogP contribution in [0.4, 0.5) is 0 Å². The van der Waals surface area contributed by atoms with Crippen LogP contribution < -0.4 is 12.7 Å². The molecule has 0 heterocycles. The van der Waals surface area contributed by atoms with Gasteiger partial charge in [-0.05, 0) is 36.0 Å². The van der Waals surface area contributed by atoms with Gasteiger partial charge in [0.15, 0.2) is 0 Å². The molecule has 2 aromatic carbocycles. The molecule has 0 N–H and O–H groups in total. The fraction of sp³-hybridized carbons (Fsp3) is 0.333. The van der Waals surface area contributed by atoms with Crippen LogP contribution in [-0.4, -0.2) is 53.1 Å².